The number of carboxylic acid groups (broad SMARTS) is 1. The monoisotopic (exact) mass is 248 g/mol. The molecule has 0 aromatic heterocycles. The quantitative estimate of drug-likeness (QED) is 0.843. The molecule has 1 aromatic rings. The Labute approximate surface area is 107 Å². The van der Waals surface area contributed by atoms with E-state index in [-0.39, 0.29) is 12.6 Å². The maximum absolute atomic E-state index is 10.8. The summed E-state index contributed by atoms with van der Waals surface area (Å²) in [4.78, 5) is 12.7. The van der Waals surface area contributed by atoms with E-state index in [0.29, 0.717) is 12.5 Å². The van der Waals surface area contributed by atoms with Crippen LogP contribution in [-0.2, 0) is 4.79 Å². The van der Waals surface area contributed by atoms with E-state index in [2.05, 4.69) is 25.1 Å². The zero-order chi connectivity index (χ0) is 13.1. The van der Waals surface area contributed by atoms with Crippen LogP contribution in [0.2, 0.25) is 0 Å². The lowest BCUT2D eigenvalue weighted by atomic mass is 9.88. The van der Waals surface area contributed by atoms with Crippen molar-refractivity contribution < 1.29 is 9.90 Å². The Kier molecular flexibility index (Phi) is 3.99. The fourth-order valence-corrected chi connectivity index (χ4v) is 2.72. The van der Waals surface area contributed by atoms with Gasteiger partial charge in [0, 0.05) is 19.1 Å². The fourth-order valence-electron chi connectivity index (χ4n) is 2.72. The van der Waals surface area contributed by atoms with Crippen LogP contribution in [-0.4, -0.2) is 41.7 Å². The van der Waals surface area contributed by atoms with E-state index in [0.717, 1.165) is 13.0 Å². The first-order chi connectivity index (χ1) is 8.54. The molecular formula is C14H20N2O2. The van der Waals surface area contributed by atoms with E-state index in [4.69, 9.17) is 10.8 Å². The predicted octanol–water partition coefficient (Wildman–Crippen LogP) is 1.20. The number of piperidine rings is 1. The number of likely N-dealkylation sites (tertiary alicyclic amines) is 1. The van der Waals surface area contributed by atoms with Crippen molar-refractivity contribution in [2.75, 3.05) is 19.6 Å². The number of aliphatic carboxylic acids is 1. The van der Waals surface area contributed by atoms with Gasteiger partial charge in [0.15, 0.2) is 0 Å². The maximum Gasteiger partial charge on any atom is 0.317 e. The van der Waals surface area contributed by atoms with Crippen molar-refractivity contribution in [1.82, 2.24) is 4.90 Å². The highest BCUT2D eigenvalue weighted by Gasteiger charge is 2.27. The first kappa shape index (κ1) is 13.1. The van der Waals surface area contributed by atoms with Gasteiger partial charge < -0.3 is 10.8 Å². The standard InChI is InChI=1S/C14H20N2O2/c1-10-3-2-4-11(5-10)12-6-13(15)8-16(7-12)9-14(17)18/h2-5,12-13H,6-9,15H2,1H3,(H,17,18). The maximum atomic E-state index is 10.8. The number of carboxylic acids is 1. The molecule has 0 spiro atoms. The molecule has 0 amide bonds. The molecule has 0 radical (unpaired) electrons. The fraction of sp³-hybridized carbons (Fsp3) is 0.500. The summed E-state index contributed by atoms with van der Waals surface area (Å²) in [7, 11) is 0. The third-order valence-corrected chi connectivity index (χ3v) is 3.43. The van der Waals surface area contributed by atoms with Crippen LogP contribution >= 0.6 is 0 Å². The van der Waals surface area contributed by atoms with E-state index < -0.39 is 5.97 Å². The molecule has 1 fully saturated rings. The first-order valence-corrected chi connectivity index (χ1v) is 6.31. The predicted molar refractivity (Wildman–Crippen MR) is 70.6 cm³/mol. The number of carbonyl (C=O) groups is 1. The summed E-state index contributed by atoms with van der Waals surface area (Å²) < 4.78 is 0. The largest absolute Gasteiger partial charge is 0.480 e. The molecule has 2 rings (SSSR count). The van der Waals surface area contributed by atoms with Crippen molar-refractivity contribution in [1.29, 1.82) is 0 Å². The molecule has 4 nitrogen and oxygen atoms in total. The number of benzene rings is 1. The smallest absolute Gasteiger partial charge is 0.317 e. The molecule has 4 heteroatoms. The molecular weight excluding hydrogens is 228 g/mol. The van der Waals surface area contributed by atoms with Crippen molar-refractivity contribution in [2.24, 2.45) is 5.73 Å². The van der Waals surface area contributed by atoms with E-state index in [1.165, 1.54) is 11.1 Å². The van der Waals surface area contributed by atoms with Gasteiger partial charge in [-0.1, -0.05) is 29.8 Å². The zero-order valence-corrected chi connectivity index (χ0v) is 10.7. The van der Waals surface area contributed by atoms with Gasteiger partial charge in [-0.15, -0.1) is 0 Å². The van der Waals surface area contributed by atoms with Gasteiger partial charge in [0.05, 0.1) is 6.54 Å². The van der Waals surface area contributed by atoms with Crippen LogP contribution in [0.3, 0.4) is 0 Å². The van der Waals surface area contributed by atoms with Crippen LogP contribution < -0.4 is 5.73 Å². The van der Waals surface area contributed by atoms with Crippen molar-refractivity contribution in [3.63, 3.8) is 0 Å². The van der Waals surface area contributed by atoms with Gasteiger partial charge in [0.2, 0.25) is 0 Å². The highest BCUT2D eigenvalue weighted by Crippen LogP contribution is 2.26. The van der Waals surface area contributed by atoms with Crippen LogP contribution in [0, 0.1) is 6.92 Å². The van der Waals surface area contributed by atoms with Gasteiger partial charge in [-0.05, 0) is 24.8 Å². The molecule has 98 valence electrons. The molecule has 18 heavy (non-hydrogen) atoms. The SMILES string of the molecule is Cc1cccc(C2CC(N)CN(CC(=O)O)C2)c1. The van der Waals surface area contributed by atoms with Crippen LogP contribution in [0.5, 0.6) is 0 Å². The molecule has 1 aromatic carbocycles. The second-order valence-corrected chi connectivity index (χ2v) is 5.19. The lowest BCUT2D eigenvalue weighted by Crippen LogP contribution is -2.47. The van der Waals surface area contributed by atoms with E-state index in [1.54, 1.807) is 0 Å². The van der Waals surface area contributed by atoms with Crippen molar-refractivity contribution in [3.05, 3.63) is 35.4 Å². The number of rotatable bonds is 3. The van der Waals surface area contributed by atoms with Crippen LogP contribution in [0.15, 0.2) is 24.3 Å². The van der Waals surface area contributed by atoms with Gasteiger partial charge in [0.1, 0.15) is 0 Å². The first-order valence-electron chi connectivity index (χ1n) is 6.31. The summed E-state index contributed by atoms with van der Waals surface area (Å²) in [5, 5.41) is 8.87. The molecule has 0 saturated carbocycles. The second kappa shape index (κ2) is 5.50. The Morgan fingerprint density at radius 3 is 2.94 bits per heavy atom. The lowest BCUT2D eigenvalue weighted by molar-refractivity contribution is -0.138. The van der Waals surface area contributed by atoms with Gasteiger partial charge in [0.25, 0.3) is 0 Å². The Morgan fingerprint density at radius 2 is 2.28 bits per heavy atom. The van der Waals surface area contributed by atoms with E-state index >= 15 is 0 Å². The summed E-state index contributed by atoms with van der Waals surface area (Å²) in [5.74, 6) is -0.444. The minimum atomic E-state index is -0.785. The minimum absolute atomic E-state index is 0.0589. The molecule has 1 aliphatic heterocycles. The van der Waals surface area contributed by atoms with Crippen molar-refractivity contribution in [2.45, 2.75) is 25.3 Å². The molecule has 2 unspecified atom stereocenters. The number of nitrogens with zero attached hydrogens (tertiary/aromatic N) is 1. The summed E-state index contributed by atoms with van der Waals surface area (Å²) in [6.45, 7) is 3.61. The van der Waals surface area contributed by atoms with E-state index in [1.807, 2.05) is 11.0 Å². The molecule has 3 N–H and O–H groups in total. The number of hydrogen-bond donors (Lipinski definition) is 2. The third-order valence-electron chi connectivity index (χ3n) is 3.43. The van der Waals surface area contributed by atoms with Crippen molar-refractivity contribution >= 4 is 5.97 Å². The normalized spacial score (nSPS) is 25.0. The Hall–Kier alpha value is -1.39. The average molecular weight is 248 g/mol. The zero-order valence-electron chi connectivity index (χ0n) is 10.7. The summed E-state index contributed by atoms with van der Waals surface area (Å²) in [5.41, 5.74) is 8.53. The topological polar surface area (TPSA) is 66.6 Å². The minimum Gasteiger partial charge on any atom is -0.480 e. The number of aryl methyl sites for hydroxylation is 1. The number of nitrogens with two attached hydrogens (primary N) is 1. The van der Waals surface area contributed by atoms with Gasteiger partial charge in [-0.2, -0.15) is 0 Å². The van der Waals surface area contributed by atoms with Crippen LogP contribution in [0.1, 0.15) is 23.5 Å². The Morgan fingerprint density at radius 1 is 1.50 bits per heavy atom. The highest BCUT2D eigenvalue weighted by molar-refractivity contribution is 5.69. The average Bonchev–Trinajstić information content (AvgIpc) is 2.27. The molecule has 1 aliphatic rings. The Balaban J connectivity index is 2.10. The molecule has 1 saturated heterocycles. The van der Waals surface area contributed by atoms with Gasteiger partial charge in [-0.25, -0.2) is 0 Å². The summed E-state index contributed by atoms with van der Waals surface area (Å²) >= 11 is 0. The molecule has 2 atom stereocenters. The van der Waals surface area contributed by atoms with Crippen molar-refractivity contribution in [3.8, 4) is 0 Å². The second-order valence-electron chi connectivity index (χ2n) is 5.19. The summed E-state index contributed by atoms with van der Waals surface area (Å²) in [6.07, 6.45) is 0.930. The third kappa shape index (κ3) is 3.31. The molecule has 1 heterocycles. The van der Waals surface area contributed by atoms with Crippen LogP contribution in [0.4, 0.5) is 0 Å². The van der Waals surface area contributed by atoms with Crippen LogP contribution in [0.25, 0.3) is 0 Å². The lowest BCUT2D eigenvalue weighted by Gasteiger charge is -2.35. The summed E-state index contributed by atoms with van der Waals surface area (Å²) in [6, 6.07) is 8.45. The Bertz CT molecular complexity index is 434. The number of hydrogen-bond acceptors (Lipinski definition) is 3. The van der Waals surface area contributed by atoms with Gasteiger partial charge >= 0.3 is 5.97 Å². The van der Waals surface area contributed by atoms with Gasteiger partial charge in [-0.3, -0.25) is 9.69 Å². The van der Waals surface area contributed by atoms with E-state index in [9.17, 15) is 4.79 Å². The highest BCUT2D eigenvalue weighted by atomic mass is 16.4. The molecule has 0 aliphatic carbocycles. The molecule has 0 bridgehead atoms.